The number of rotatable bonds is 4. The highest BCUT2D eigenvalue weighted by molar-refractivity contribution is 6.13. The largest absolute Gasteiger partial charge is 0.386 e. The van der Waals surface area contributed by atoms with E-state index < -0.39 is 0 Å². The molecule has 0 unspecified atom stereocenters. The summed E-state index contributed by atoms with van der Waals surface area (Å²) < 4.78 is 0. The highest BCUT2D eigenvalue weighted by atomic mass is 14.9. The quantitative estimate of drug-likeness (QED) is 0.790. The highest BCUT2D eigenvalue weighted by Crippen LogP contribution is 2.22. The van der Waals surface area contributed by atoms with Crippen LogP contribution < -0.4 is 5.32 Å². The maximum absolute atomic E-state index is 4.79. The van der Waals surface area contributed by atoms with Crippen LogP contribution in [0.25, 0.3) is 0 Å². The number of H-pyrrole nitrogens is 1. The molecule has 2 heterocycles. The highest BCUT2D eigenvalue weighted by Gasteiger charge is 2.16. The number of allylic oxidation sites excluding steroid dienone is 2. The lowest BCUT2D eigenvalue weighted by Crippen LogP contribution is -2.23. The average Bonchev–Trinajstić information content (AvgIpc) is 3.04. The molecular formula is C19H27N3. The Balaban J connectivity index is 1.69. The zero-order valence-corrected chi connectivity index (χ0v) is 13.8. The van der Waals surface area contributed by atoms with Crippen LogP contribution in [0.4, 0.5) is 0 Å². The summed E-state index contributed by atoms with van der Waals surface area (Å²) in [4.78, 5) is 8.13. The summed E-state index contributed by atoms with van der Waals surface area (Å²) in [6, 6.07) is 2.83. The number of hydrogen-bond donors (Lipinski definition) is 2. The summed E-state index contributed by atoms with van der Waals surface area (Å²) in [5.41, 5.74) is 5.82. The smallest absolute Gasteiger partial charge is 0.0902 e. The van der Waals surface area contributed by atoms with E-state index in [2.05, 4.69) is 48.7 Å². The van der Waals surface area contributed by atoms with Gasteiger partial charge in [0, 0.05) is 18.4 Å². The molecule has 2 aliphatic rings. The second-order valence-electron chi connectivity index (χ2n) is 6.49. The average molecular weight is 297 g/mol. The summed E-state index contributed by atoms with van der Waals surface area (Å²) >= 11 is 0. The van der Waals surface area contributed by atoms with Crippen LogP contribution in [0.3, 0.4) is 0 Å². The summed E-state index contributed by atoms with van der Waals surface area (Å²) in [5.74, 6) is 0. The molecule has 22 heavy (non-hydrogen) atoms. The molecule has 3 nitrogen and oxygen atoms in total. The molecule has 0 aromatic carbocycles. The second-order valence-corrected chi connectivity index (χ2v) is 6.49. The predicted molar refractivity (Wildman–Crippen MR) is 93.2 cm³/mol. The van der Waals surface area contributed by atoms with Gasteiger partial charge in [-0.15, -0.1) is 0 Å². The molecule has 0 spiro atoms. The van der Waals surface area contributed by atoms with Crippen molar-refractivity contribution in [2.45, 2.75) is 64.8 Å². The SMILES string of the molecule is CCc1c[nH]c(C2=NC(=CNC3CCCCCC3)C=C2C)c1. The van der Waals surface area contributed by atoms with Gasteiger partial charge in [-0.3, -0.25) is 0 Å². The monoisotopic (exact) mass is 297 g/mol. The molecule has 0 radical (unpaired) electrons. The molecule has 1 fully saturated rings. The van der Waals surface area contributed by atoms with Gasteiger partial charge in [-0.25, -0.2) is 4.99 Å². The lowest BCUT2D eigenvalue weighted by Gasteiger charge is -2.14. The fourth-order valence-electron chi connectivity index (χ4n) is 3.32. The zero-order chi connectivity index (χ0) is 15.4. The van der Waals surface area contributed by atoms with Crippen molar-refractivity contribution in [1.82, 2.24) is 10.3 Å². The molecule has 1 saturated carbocycles. The summed E-state index contributed by atoms with van der Waals surface area (Å²) in [7, 11) is 0. The first kappa shape index (κ1) is 15.1. The molecule has 3 rings (SSSR count). The summed E-state index contributed by atoms with van der Waals surface area (Å²) in [5, 5.41) is 3.59. The van der Waals surface area contributed by atoms with Crippen molar-refractivity contribution in [2.75, 3.05) is 0 Å². The van der Waals surface area contributed by atoms with Crippen LogP contribution in [0.5, 0.6) is 0 Å². The number of aryl methyl sites for hydroxylation is 1. The fourth-order valence-corrected chi connectivity index (χ4v) is 3.32. The lowest BCUT2D eigenvalue weighted by atomic mass is 10.1. The third kappa shape index (κ3) is 3.52. The van der Waals surface area contributed by atoms with E-state index >= 15 is 0 Å². The van der Waals surface area contributed by atoms with Crippen molar-refractivity contribution in [1.29, 1.82) is 0 Å². The van der Waals surface area contributed by atoms with Gasteiger partial charge in [0.1, 0.15) is 0 Å². The van der Waals surface area contributed by atoms with E-state index in [0.717, 1.165) is 23.5 Å². The number of aliphatic imine (C=N–C) groups is 1. The van der Waals surface area contributed by atoms with Crippen LogP contribution >= 0.6 is 0 Å². The van der Waals surface area contributed by atoms with Crippen molar-refractivity contribution in [2.24, 2.45) is 4.99 Å². The first-order valence-electron chi connectivity index (χ1n) is 8.67. The fraction of sp³-hybridized carbons (Fsp3) is 0.526. The molecule has 1 aliphatic heterocycles. The number of hydrogen-bond acceptors (Lipinski definition) is 2. The number of aromatic nitrogens is 1. The molecule has 118 valence electrons. The van der Waals surface area contributed by atoms with Gasteiger partial charge in [0.05, 0.1) is 17.1 Å². The number of nitrogens with zero attached hydrogens (tertiary/aromatic N) is 1. The van der Waals surface area contributed by atoms with Crippen molar-refractivity contribution < 1.29 is 0 Å². The Morgan fingerprint density at radius 2 is 2.05 bits per heavy atom. The van der Waals surface area contributed by atoms with E-state index in [1.807, 2.05) is 0 Å². The molecular weight excluding hydrogens is 270 g/mol. The number of nitrogens with one attached hydrogen (secondary N) is 2. The van der Waals surface area contributed by atoms with E-state index in [1.165, 1.54) is 49.7 Å². The Hall–Kier alpha value is -1.77. The second kappa shape index (κ2) is 6.99. The van der Waals surface area contributed by atoms with Crippen LogP contribution in [-0.4, -0.2) is 16.7 Å². The van der Waals surface area contributed by atoms with Gasteiger partial charge in [0.2, 0.25) is 0 Å². The molecule has 0 saturated heterocycles. The van der Waals surface area contributed by atoms with Crippen LogP contribution in [0, 0.1) is 0 Å². The molecule has 1 aliphatic carbocycles. The number of aromatic amines is 1. The van der Waals surface area contributed by atoms with E-state index in [-0.39, 0.29) is 0 Å². The van der Waals surface area contributed by atoms with Crippen molar-refractivity contribution in [3.05, 3.63) is 47.1 Å². The Morgan fingerprint density at radius 1 is 1.27 bits per heavy atom. The van der Waals surface area contributed by atoms with Crippen LogP contribution in [0.15, 0.2) is 40.8 Å². The first-order valence-corrected chi connectivity index (χ1v) is 8.67. The first-order chi connectivity index (χ1) is 10.8. The van der Waals surface area contributed by atoms with Crippen molar-refractivity contribution >= 4 is 5.71 Å². The zero-order valence-electron chi connectivity index (χ0n) is 13.8. The van der Waals surface area contributed by atoms with E-state index in [0.29, 0.717) is 6.04 Å². The maximum Gasteiger partial charge on any atom is 0.0902 e. The van der Waals surface area contributed by atoms with Gasteiger partial charge in [-0.2, -0.15) is 0 Å². The normalized spacial score (nSPS) is 21.6. The van der Waals surface area contributed by atoms with Gasteiger partial charge in [0.15, 0.2) is 0 Å². The summed E-state index contributed by atoms with van der Waals surface area (Å²) in [6.07, 6.45) is 15.5. The van der Waals surface area contributed by atoms with Crippen molar-refractivity contribution in [3.63, 3.8) is 0 Å². The minimum absolute atomic E-state index is 0.625. The third-order valence-electron chi connectivity index (χ3n) is 4.71. The van der Waals surface area contributed by atoms with E-state index in [4.69, 9.17) is 4.99 Å². The maximum atomic E-state index is 4.79. The Morgan fingerprint density at radius 3 is 2.73 bits per heavy atom. The third-order valence-corrected chi connectivity index (χ3v) is 4.71. The molecule has 1 aromatic rings. The standard InChI is InChI=1S/C19H27N3/c1-3-15-11-18(21-12-15)19-14(2)10-17(22-19)13-20-16-8-6-4-5-7-9-16/h10-13,16,20-21H,3-9H2,1-2H3. The minimum Gasteiger partial charge on any atom is -0.386 e. The summed E-state index contributed by atoms with van der Waals surface area (Å²) in [6.45, 7) is 4.31. The Kier molecular flexibility index (Phi) is 4.81. The van der Waals surface area contributed by atoms with E-state index in [9.17, 15) is 0 Å². The minimum atomic E-state index is 0.625. The van der Waals surface area contributed by atoms with Gasteiger partial charge in [-0.1, -0.05) is 32.6 Å². The van der Waals surface area contributed by atoms with Gasteiger partial charge < -0.3 is 10.3 Å². The van der Waals surface area contributed by atoms with Gasteiger partial charge in [-0.05, 0) is 49.5 Å². The molecule has 3 heteroatoms. The van der Waals surface area contributed by atoms with E-state index in [1.54, 1.807) is 0 Å². The molecule has 2 N–H and O–H groups in total. The van der Waals surface area contributed by atoms with Gasteiger partial charge >= 0.3 is 0 Å². The van der Waals surface area contributed by atoms with Crippen molar-refractivity contribution in [3.8, 4) is 0 Å². The van der Waals surface area contributed by atoms with Crippen LogP contribution in [0.2, 0.25) is 0 Å². The Labute approximate surface area is 133 Å². The van der Waals surface area contributed by atoms with Crippen LogP contribution in [0.1, 0.15) is 63.6 Å². The lowest BCUT2D eigenvalue weighted by molar-refractivity contribution is 0.516. The molecule has 0 amide bonds. The molecule has 0 atom stereocenters. The molecule has 1 aromatic heterocycles. The van der Waals surface area contributed by atoms with Crippen LogP contribution in [-0.2, 0) is 6.42 Å². The van der Waals surface area contributed by atoms with Gasteiger partial charge in [0.25, 0.3) is 0 Å². The molecule has 0 bridgehead atoms. The predicted octanol–water partition coefficient (Wildman–Crippen LogP) is 4.48. The Bertz CT molecular complexity index is 596. The topological polar surface area (TPSA) is 40.2 Å².